The number of benzene rings is 3. The van der Waals surface area contributed by atoms with Gasteiger partial charge in [-0.2, -0.15) is 0 Å². The fourth-order valence-corrected chi connectivity index (χ4v) is 8.92. The van der Waals surface area contributed by atoms with E-state index in [1.54, 1.807) is 35.2 Å². The number of nitrogens with two attached hydrogens (primary N) is 1. The van der Waals surface area contributed by atoms with E-state index < -0.39 is 20.0 Å². The summed E-state index contributed by atoms with van der Waals surface area (Å²) >= 11 is 0. The Labute approximate surface area is 229 Å². The van der Waals surface area contributed by atoms with Crippen molar-refractivity contribution in [3.8, 4) is 0 Å². The van der Waals surface area contributed by atoms with Gasteiger partial charge in [0.1, 0.15) is 0 Å². The number of carbonyl (C=O) groups excluding carboxylic acids is 2. The van der Waals surface area contributed by atoms with Crippen LogP contribution in [0.1, 0.15) is 34.8 Å². The molecule has 2 aliphatic heterocycles. The number of ether oxygens (including phenoxy) is 1. The highest BCUT2D eigenvalue weighted by Gasteiger charge is 2.66. The van der Waals surface area contributed by atoms with Crippen LogP contribution in [0, 0.1) is 5.92 Å². The van der Waals surface area contributed by atoms with E-state index in [-0.39, 0.29) is 29.9 Å². The van der Waals surface area contributed by atoms with Crippen LogP contribution in [0.3, 0.4) is 0 Å². The molecular formula is C30H35N3O5Si. The van der Waals surface area contributed by atoms with Gasteiger partial charge in [0.25, 0.3) is 11.8 Å². The maximum Gasteiger partial charge on any atom is 0.264 e. The van der Waals surface area contributed by atoms with E-state index >= 15 is 0 Å². The molecule has 0 aromatic heterocycles. The Morgan fingerprint density at radius 1 is 1.10 bits per heavy atom. The lowest BCUT2D eigenvalue weighted by Crippen LogP contribution is -2.46. The molecule has 5 rings (SSSR count). The molecule has 2 amide bonds. The smallest absolute Gasteiger partial charge is 0.264 e. The van der Waals surface area contributed by atoms with Crippen LogP contribution in [0.4, 0.5) is 17.1 Å². The van der Waals surface area contributed by atoms with Gasteiger partial charge in [0, 0.05) is 40.6 Å². The van der Waals surface area contributed by atoms with E-state index in [0.717, 1.165) is 5.56 Å². The number of nitrogens with zero attached hydrogens (tertiary/aromatic N) is 1. The van der Waals surface area contributed by atoms with Gasteiger partial charge >= 0.3 is 0 Å². The molecule has 0 saturated carbocycles. The van der Waals surface area contributed by atoms with Gasteiger partial charge in [0.05, 0.1) is 18.3 Å². The number of fused-ring (bicyclic) bond motifs is 2. The van der Waals surface area contributed by atoms with Crippen molar-refractivity contribution in [1.29, 1.82) is 0 Å². The molecule has 0 aliphatic carbocycles. The Kier molecular flexibility index (Phi) is 7.11. The Morgan fingerprint density at radius 3 is 2.44 bits per heavy atom. The lowest BCUT2D eigenvalue weighted by atomic mass is 9.82. The average molecular weight is 546 g/mol. The number of aliphatic hydroxyl groups is 1. The van der Waals surface area contributed by atoms with E-state index in [4.69, 9.17) is 10.5 Å². The molecule has 5 N–H and O–H groups in total. The fourth-order valence-electron chi connectivity index (χ4n) is 6.31. The van der Waals surface area contributed by atoms with E-state index in [0.29, 0.717) is 41.2 Å². The van der Waals surface area contributed by atoms with Crippen LogP contribution in [-0.2, 0) is 21.7 Å². The summed E-state index contributed by atoms with van der Waals surface area (Å²) in [5.41, 5.74) is 8.05. The van der Waals surface area contributed by atoms with Gasteiger partial charge in [-0.15, -0.1) is 0 Å². The molecule has 0 unspecified atom stereocenters. The quantitative estimate of drug-likeness (QED) is 0.260. The normalized spacial score (nSPS) is 24.3. The van der Waals surface area contributed by atoms with E-state index in [1.165, 1.54) is 0 Å². The van der Waals surface area contributed by atoms with Gasteiger partial charge in [-0.1, -0.05) is 37.3 Å². The first kappa shape index (κ1) is 27.1. The highest BCUT2D eigenvalue weighted by atomic mass is 28.4. The zero-order chi connectivity index (χ0) is 27.9. The summed E-state index contributed by atoms with van der Waals surface area (Å²) in [6.45, 7) is 5.91. The molecule has 2 heterocycles. The van der Waals surface area contributed by atoms with E-state index in [9.17, 15) is 19.5 Å². The summed E-state index contributed by atoms with van der Waals surface area (Å²) in [5.74, 6) is -0.842. The molecule has 3 aromatic carbocycles. The predicted octanol–water partition coefficient (Wildman–Crippen LogP) is 4.25. The summed E-state index contributed by atoms with van der Waals surface area (Å²) < 4.78 is 6.66. The number of hydrogen-bond donors (Lipinski definition) is 4. The molecule has 1 spiro atoms. The average Bonchev–Trinajstić information content (AvgIpc) is 3.32. The Balaban J connectivity index is 1.59. The van der Waals surface area contributed by atoms with Crippen LogP contribution in [-0.4, -0.2) is 42.7 Å². The molecule has 2 aliphatic rings. The van der Waals surface area contributed by atoms with Crippen LogP contribution < -0.4 is 16.0 Å². The molecule has 8 nitrogen and oxygen atoms in total. The molecule has 4 atom stereocenters. The number of amides is 2. The van der Waals surface area contributed by atoms with Crippen LogP contribution in [0.15, 0.2) is 72.8 Å². The zero-order valence-electron chi connectivity index (χ0n) is 22.4. The lowest BCUT2D eigenvalue weighted by Gasteiger charge is -2.32. The number of nitrogens with one attached hydrogen (secondary N) is 1. The third kappa shape index (κ3) is 4.76. The summed E-state index contributed by atoms with van der Waals surface area (Å²) in [6, 6.07) is 21.8. The Morgan fingerprint density at radius 2 is 1.79 bits per heavy atom. The summed E-state index contributed by atoms with van der Waals surface area (Å²) in [6.07, 6.45) is -0.152. The van der Waals surface area contributed by atoms with Gasteiger partial charge in [0.2, 0.25) is 0 Å². The Bertz CT molecular complexity index is 1380. The summed E-state index contributed by atoms with van der Waals surface area (Å²) in [4.78, 5) is 40.4. The van der Waals surface area contributed by atoms with Crippen LogP contribution in [0.25, 0.3) is 0 Å². The van der Waals surface area contributed by atoms with Gasteiger partial charge in [0.15, 0.2) is 13.9 Å². The molecule has 0 bridgehead atoms. The van der Waals surface area contributed by atoms with Gasteiger partial charge in [-0.3, -0.25) is 9.59 Å². The Hall–Kier alpha value is -3.50. The third-order valence-electron chi connectivity index (χ3n) is 8.01. The summed E-state index contributed by atoms with van der Waals surface area (Å²) in [7, 11) is -2.80. The van der Waals surface area contributed by atoms with Gasteiger partial charge in [-0.25, -0.2) is 0 Å². The molecule has 1 saturated heterocycles. The number of anilines is 3. The fraction of sp³-hybridized carbons (Fsp3) is 0.333. The highest BCUT2D eigenvalue weighted by Crippen LogP contribution is 2.60. The highest BCUT2D eigenvalue weighted by molar-refractivity contribution is 6.71. The number of hydrogen-bond acceptors (Lipinski definition) is 6. The molecule has 0 radical (unpaired) electrons. The lowest BCUT2D eigenvalue weighted by molar-refractivity contribution is -0.146. The van der Waals surface area contributed by atoms with Crippen LogP contribution in [0.2, 0.25) is 18.6 Å². The molecule has 204 valence electrons. The minimum atomic E-state index is -2.80. The molecular weight excluding hydrogens is 510 g/mol. The molecule has 9 heteroatoms. The maximum atomic E-state index is 14.4. The van der Waals surface area contributed by atoms with Gasteiger partial charge < -0.3 is 30.6 Å². The third-order valence-corrected chi connectivity index (χ3v) is 10.5. The first-order valence-corrected chi connectivity index (χ1v) is 16.3. The monoisotopic (exact) mass is 545 g/mol. The number of rotatable bonds is 7. The minimum absolute atomic E-state index is 0.110. The first-order chi connectivity index (χ1) is 18.6. The number of nitrogen functional groups attached to an aromatic ring is 1. The van der Waals surface area contributed by atoms with Crippen molar-refractivity contribution in [2.45, 2.75) is 50.2 Å². The molecule has 39 heavy (non-hydrogen) atoms. The van der Waals surface area contributed by atoms with E-state index in [1.807, 2.05) is 62.5 Å². The standard InChI is InChI=1S/C30H35N3O5Si/c1-19-27(39(2,3)37)26(15-16-34)38-30(19)24-17-23(32-28(35)21-9-11-22(31)12-10-21)13-14-25(24)33(29(30)36)18-20-7-5-4-6-8-20/h4-14,17,19,26-27,34,37H,15-16,18,31H2,1-3H3,(H,32,35)/t19-,26+,27-,30+/m0/s1. The van der Waals surface area contributed by atoms with E-state index in [2.05, 4.69) is 5.32 Å². The van der Waals surface area contributed by atoms with Gasteiger partial charge in [-0.05, 0) is 67.5 Å². The second-order valence-electron chi connectivity index (χ2n) is 11.1. The second kappa shape index (κ2) is 10.2. The zero-order valence-corrected chi connectivity index (χ0v) is 23.4. The topological polar surface area (TPSA) is 125 Å². The van der Waals surface area contributed by atoms with Crippen molar-refractivity contribution < 1.29 is 24.2 Å². The second-order valence-corrected chi connectivity index (χ2v) is 15.0. The minimum Gasteiger partial charge on any atom is -0.432 e. The van der Waals surface area contributed by atoms with Crippen molar-refractivity contribution in [3.63, 3.8) is 0 Å². The predicted molar refractivity (Wildman–Crippen MR) is 154 cm³/mol. The van der Waals surface area contributed by atoms with Crippen molar-refractivity contribution >= 4 is 37.2 Å². The van der Waals surface area contributed by atoms with Crippen molar-refractivity contribution in [3.05, 3.63) is 89.5 Å². The van der Waals surface area contributed by atoms with Crippen LogP contribution in [0.5, 0.6) is 0 Å². The van der Waals surface area contributed by atoms with Crippen molar-refractivity contribution in [1.82, 2.24) is 0 Å². The van der Waals surface area contributed by atoms with Crippen molar-refractivity contribution in [2.24, 2.45) is 5.92 Å². The largest absolute Gasteiger partial charge is 0.432 e. The SMILES string of the molecule is C[C@H]1[C@H]([Si](C)(C)O)[C@@H](CCO)O[C@]12C(=O)N(Cc1ccccc1)c1ccc(NC(=O)c3ccc(N)cc3)cc12. The number of aliphatic hydroxyl groups excluding tert-OH is 1. The molecule has 3 aromatic rings. The maximum absolute atomic E-state index is 14.4. The van der Waals surface area contributed by atoms with Crippen LogP contribution >= 0.6 is 0 Å². The summed E-state index contributed by atoms with van der Waals surface area (Å²) in [5, 5.41) is 12.7. The van der Waals surface area contributed by atoms with Crippen molar-refractivity contribution in [2.75, 3.05) is 22.6 Å². The first-order valence-electron chi connectivity index (χ1n) is 13.2. The molecule has 1 fully saturated rings. The number of carbonyl (C=O) groups is 2.